The minimum atomic E-state index is -0.347. The maximum atomic E-state index is 10.8. The summed E-state index contributed by atoms with van der Waals surface area (Å²) in [6, 6.07) is 0. The number of ether oxygens (including phenoxy) is 3. The fraction of sp³-hybridized carbons (Fsp3) is 0.435. The van der Waals surface area contributed by atoms with Crippen LogP contribution >= 0.6 is 0 Å². The lowest BCUT2D eigenvalue weighted by atomic mass is 10.3. The van der Waals surface area contributed by atoms with Gasteiger partial charge in [-0.2, -0.15) is 0 Å². The van der Waals surface area contributed by atoms with Crippen molar-refractivity contribution in [3.63, 3.8) is 0 Å². The molecule has 0 atom stereocenters. The van der Waals surface area contributed by atoms with Crippen molar-refractivity contribution in [3.05, 3.63) is 60.8 Å². The number of methoxy groups -OCH3 is 1. The Morgan fingerprint density at radius 2 is 1.31 bits per heavy atom. The zero-order valence-corrected chi connectivity index (χ0v) is 18.7. The summed E-state index contributed by atoms with van der Waals surface area (Å²) in [6.07, 6.45) is 9.33. The van der Waals surface area contributed by atoms with Crippen LogP contribution in [-0.2, 0) is 28.6 Å². The largest absolute Gasteiger partial charge is 0.466 e. The first-order valence-electron chi connectivity index (χ1n) is 9.21. The van der Waals surface area contributed by atoms with E-state index in [2.05, 4.69) is 31.4 Å². The summed E-state index contributed by atoms with van der Waals surface area (Å²) in [7, 11) is 1.33. The van der Waals surface area contributed by atoms with Crippen LogP contribution in [0.5, 0.6) is 0 Å². The highest BCUT2D eigenvalue weighted by atomic mass is 16.5. The van der Waals surface area contributed by atoms with E-state index in [1.807, 2.05) is 25.2 Å². The third kappa shape index (κ3) is 25.1. The lowest BCUT2D eigenvalue weighted by Crippen LogP contribution is -2.05. The maximum absolute atomic E-state index is 10.8. The minimum absolute atomic E-state index is 0.284. The van der Waals surface area contributed by atoms with Crippen LogP contribution in [-0.4, -0.2) is 38.2 Å². The second kappa shape index (κ2) is 21.4. The van der Waals surface area contributed by atoms with E-state index in [-0.39, 0.29) is 17.9 Å². The van der Waals surface area contributed by atoms with Crippen LogP contribution in [0, 0.1) is 0 Å². The van der Waals surface area contributed by atoms with Crippen LogP contribution in [0.3, 0.4) is 0 Å². The van der Waals surface area contributed by atoms with Crippen LogP contribution < -0.4 is 0 Å². The highest BCUT2D eigenvalue weighted by molar-refractivity contribution is 5.87. The van der Waals surface area contributed by atoms with Gasteiger partial charge in [0.05, 0.1) is 13.7 Å². The normalized spacial score (nSPS) is 9.45. The van der Waals surface area contributed by atoms with Crippen LogP contribution in [0.4, 0.5) is 0 Å². The van der Waals surface area contributed by atoms with Crippen molar-refractivity contribution >= 4 is 17.9 Å². The molecule has 0 aromatic heterocycles. The van der Waals surface area contributed by atoms with Crippen molar-refractivity contribution in [2.45, 2.75) is 47.5 Å². The number of carbonyl (C=O) groups excluding carboxylic acids is 3. The molecule has 0 aromatic carbocycles. The summed E-state index contributed by atoms with van der Waals surface area (Å²) in [4.78, 5) is 31.7. The van der Waals surface area contributed by atoms with E-state index >= 15 is 0 Å². The lowest BCUT2D eigenvalue weighted by molar-refractivity contribution is -0.139. The molecule has 0 fully saturated rings. The minimum Gasteiger partial charge on any atom is -0.466 e. The molecule has 0 aliphatic heterocycles. The standard InChI is InChI=1S/C10H14O2.C8H14O2.C5H8O2/c1-4-5-6-7-8-12-10(11)9(2)3;1-4-5-6-10-8(9)7(2)3;1-4(2)5(6)7-3/h4-7H,2,8H2,1,3H3;2,4-6H2,1,3H3;1H2,2-3H3. The molecule has 0 N–H and O–H groups in total. The van der Waals surface area contributed by atoms with Gasteiger partial charge in [0.1, 0.15) is 6.61 Å². The van der Waals surface area contributed by atoms with Crippen LogP contribution in [0.2, 0.25) is 0 Å². The van der Waals surface area contributed by atoms with Crippen LogP contribution in [0.25, 0.3) is 0 Å². The van der Waals surface area contributed by atoms with Crippen molar-refractivity contribution in [2.75, 3.05) is 20.3 Å². The van der Waals surface area contributed by atoms with Gasteiger partial charge in [-0.1, -0.05) is 51.3 Å². The van der Waals surface area contributed by atoms with Crippen molar-refractivity contribution in [3.8, 4) is 0 Å². The number of esters is 3. The highest BCUT2D eigenvalue weighted by Crippen LogP contribution is 1.94. The van der Waals surface area contributed by atoms with Gasteiger partial charge in [0, 0.05) is 16.7 Å². The zero-order chi connectivity index (χ0) is 23.2. The van der Waals surface area contributed by atoms with Crippen molar-refractivity contribution in [2.24, 2.45) is 0 Å². The molecule has 0 heterocycles. The van der Waals surface area contributed by atoms with Gasteiger partial charge in [0.15, 0.2) is 0 Å². The number of hydrogen-bond acceptors (Lipinski definition) is 6. The number of rotatable bonds is 9. The van der Waals surface area contributed by atoms with Gasteiger partial charge in [0.2, 0.25) is 0 Å². The Morgan fingerprint density at radius 1 is 0.828 bits per heavy atom. The van der Waals surface area contributed by atoms with E-state index in [4.69, 9.17) is 9.47 Å². The van der Waals surface area contributed by atoms with Crippen LogP contribution in [0.1, 0.15) is 47.5 Å². The molecule has 6 nitrogen and oxygen atoms in total. The quantitative estimate of drug-likeness (QED) is 0.178. The third-order valence-electron chi connectivity index (χ3n) is 2.71. The molecular weight excluding hydrogens is 372 g/mol. The first-order valence-corrected chi connectivity index (χ1v) is 9.21. The predicted molar refractivity (Wildman–Crippen MR) is 117 cm³/mol. The summed E-state index contributed by atoms with van der Waals surface area (Å²) < 4.78 is 13.9. The van der Waals surface area contributed by atoms with Gasteiger partial charge in [-0.3, -0.25) is 0 Å². The Labute approximate surface area is 175 Å². The number of allylic oxidation sites excluding steroid dienone is 3. The molecular formula is C23H36O6. The van der Waals surface area contributed by atoms with Gasteiger partial charge in [-0.15, -0.1) is 0 Å². The number of hydrogen-bond donors (Lipinski definition) is 0. The Bertz CT molecular complexity index is 596. The van der Waals surface area contributed by atoms with E-state index in [0.29, 0.717) is 29.9 Å². The molecule has 0 radical (unpaired) electrons. The SMILES string of the molecule is C=C(C)C(=O)OC.C=C(C)C(=O)OCC=CC=CC.C=C(C)C(=O)OCCCC. The first-order chi connectivity index (χ1) is 13.5. The smallest absolute Gasteiger partial charge is 0.333 e. The Hall–Kier alpha value is -2.89. The average molecular weight is 409 g/mol. The van der Waals surface area contributed by atoms with Gasteiger partial charge in [0.25, 0.3) is 0 Å². The molecule has 0 aromatic rings. The second-order valence-corrected chi connectivity index (χ2v) is 5.87. The molecule has 0 saturated heterocycles. The van der Waals surface area contributed by atoms with E-state index in [0.717, 1.165) is 12.8 Å². The molecule has 0 aliphatic carbocycles. The van der Waals surface area contributed by atoms with Gasteiger partial charge in [-0.25, -0.2) is 14.4 Å². The number of unbranched alkanes of at least 4 members (excludes halogenated alkanes) is 1. The molecule has 164 valence electrons. The van der Waals surface area contributed by atoms with Crippen LogP contribution in [0.15, 0.2) is 60.8 Å². The summed E-state index contributed by atoms with van der Waals surface area (Å²) >= 11 is 0. The molecule has 0 bridgehead atoms. The summed E-state index contributed by atoms with van der Waals surface area (Å²) in [5.41, 5.74) is 1.33. The van der Waals surface area contributed by atoms with Crippen molar-refractivity contribution in [1.82, 2.24) is 0 Å². The fourth-order valence-corrected chi connectivity index (χ4v) is 1.10. The van der Waals surface area contributed by atoms with E-state index in [1.54, 1.807) is 26.8 Å². The molecule has 0 amide bonds. The Kier molecular flexibility index (Phi) is 22.8. The summed E-state index contributed by atoms with van der Waals surface area (Å²) in [6.45, 7) is 19.9. The molecule has 0 aliphatic rings. The molecule has 0 saturated carbocycles. The van der Waals surface area contributed by atoms with E-state index in [1.165, 1.54) is 7.11 Å². The summed E-state index contributed by atoms with van der Waals surface area (Å²) in [5.74, 6) is -0.978. The van der Waals surface area contributed by atoms with Gasteiger partial charge < -0.3 is 14.2 Å². The van der Waals surface area contributed by atoms with Gasteiger partial charge >= 0.3 is 17.9 Å². The zero-order valence-electron chi connectivity index (χ0n) is 18.7. The number of carbonyl (C=O) groups is 3. The van der Waals surface area contributed by atoms with E-state index in [9.17, 15) is 14.4 Å². The molecule has 0 unspecified atom stereocenters. The maximum Gasteiger partial charge on any atom is 0.333 e. The first kappa shape index (κ1) is 30.8. The second-order valence-electron chi connectivity index (χ2n) is 5.87. The topological polar surface area (TPSA) is 78.9 Å². The van der Waals surface area contributed by atoms with Gasteiger partial charge in [-0.05, 0) is 40.2 Å². The average Bonchev–Trinajstić information content (AvgIpc) is 2.67. The highest BCUT2D eigenvalue weighted by Gasteiger charge is 2.00. The molecule has 0 spiro atoms. The summed E-state index contributed by atoms with van der Waals surface area (Å²) in [5, 5.41) is 0. The van der Waals surface area contributed by atoms with Crippen molar-refractivity contribution < 1.29 is 28.6 Å². The Balaban J connectivity index is -0.000000362. The predicted octanol–water partition coefficient (Wildman–Crippen LogP) is 4.88. The molecule has 0 rings (SSSR count). The lowest BCUT2D eigenvalue weighted by Gasteiger charge is -2.01. The van der Waals surface area contributed by atoms with Crippen molar-refractivity contribution in [1.29, 1.82) is 0 Å². The third-order valence-corrected chi connectivity index (χ3v) is 2.71. The monoisotopic (exact) mass is 408 g/mol. The fourth-order valence-electron chi connectivity index (χ4n) is 1.10. The van der Waals surface area contributed by atoms with E-state index < -0.39 is 0 Å². The Morgan fingerprint density at radius 3 is 1.66 bits per heavy atom. The molecule has 29 heavy (non-hydrogen) atoms. The molecule has 6 heteroatoms.